The molecule has 0 fully saturated rings. The maximum atomic E-state index is 10.6. The predicted molar refractivity (Wildman–Crippen MR) is 77.7 cm³/mol. The third-order valence-electron chi connectivity index (χ3n) is 3.41. The monoisotopic (exact) mass is 256 g/mol. The van der Waals surface area contributed by atoms with E-state index in [-0.39, 0.29) is 0 Å². The number of ether oxygens (including phenoxy) is 1. The normalized spacial score (nSPS) is 12.3. The first kappa shape index (κ1) is 13.6. The zero-order valence-electron chi connectivity index (χ0n) is 11.9. The minimum Gasteiger partial charge on any atom is -0.496 e. The lowest BCUT2D eigenvalue weighted by molar-refractivity contribution is 0.214. The Labute approximate surface area is 114 Å². The summed E-state index contributed by atoms with van der Waals surface area (Å²) < 4.78 is 5.38. The van der Waals surface area contributed by atoms with Crippen molar-refractivity contribution in [3.8, 4) is 5.75 Å². The van der Waals surface area contributed by atoms with Crippen molar-refractivity contribution in [2.75, 3.05) is 7.11 Å². The molecule has 0 spiro atoms. The number of benzene rings is 2. The summed E-state index contributed by atoms with van der Waals surface area (Å²) in [5.41, 5.74) is 5.09. The van der Waals surface area contributed by atoms with Gasteiger partial charge < -0.3 is 9.84 Å². The fourth-order valence-corrected chi connectivity index (χ4v) is 2.27. The lowest BCUT2D eigenvalue weighted by atomic mass is 9.95. The molecule has 1 atom stereocenters. The summed E-state index contributed by atoms with van der Waals surface area (Å²) in [5.74, 6) is 0.730. The molecular weight excluding hydrogens is 236 g/mol. The van der Waals surface area contributed by atoms with Crippen molar-refractivity contribution < 1.29 is 9.84 Å². The van der Waals surface area contributed by atoms with E-state index in [1.165, 1.54) is 0 Å². The van der Waals surface area contributed by atoms with Gasteiger partial charge in [-0.1, -0.05) is 35.9 Å². The second-order valence-corrected chi connectivity index (χ2v) is 5.01. The minimum absolute atomic E-state index is 0.657. The van der Waals surface area contributed by atoms with E-state index >= 15 is 0 Å². The van der Waals surface area contributed by atoms with Crippen molar-refractivity contribution >= 4 is 0 Å². The number of hydrogen-bond donors (Lipinski definition) is 1. The van der Waals surface area contributed by atoms with Crippen molar-refractivity contribution in [2.45, 2.75) is 26.9 Å². The van der Waals surface area contributed by atoms with Crippen LogP contribution in [0.15, 0.2) is 36.4 Å². The van der Waals surface area contributed by atoms with Crippen LogP contribution in [0, 0.1) is 20.8 Å². The van der Waals surface area contributed by atoms with Crippen LogP contribution >= 0.6 is 0 Å². The van der Waals surface area contributed by atoms with Crippen molar-refractivity contribution in [3.63, 3.8) is 0 Å². The average Bonchev–Trinajstić information content (AvgIpc) is 2.40. The smallest absolute Gasteiger partial charge is 0.125 e. The van der Waals surface area contributed by atoms with Gasteiger partial charge in [0.05, 0.1) is 7.11 Å². The highest BCUT2D eigenvalue weighted by Crippen LogP contribution is 2.32. The molecule has 0 bridgehead atoms. The highest BCUT2D eigenvalue weighted by Gasteiger charge is 2.17. The molecule has 2 nitrogen and oxygen atoms in total. The largest absolute Gasteiger partial charge is 0.496 e. The average molecular weight is 256 g/mol. The summed E-state index contributed by atoms with van der Waals surface area (Å²) in [7, 11) is 1.63. The summed E-state index contributed by atoms with van der Waals surface area (Å²) in [4.78, 5) is 0. The summed E-state index contributed by atoms with van der Waals surface area (Å²) in [6.07, 6.45) is -0.657. The molecule has 2 rings (SSSR count). The SMILES string of the molecule is COc1cc(C)ccc1C(O)c1cc(C)ccc1C. The van der Waals surface area contributed by atoms with Crippen LogP contribution in [0.25, 0.3) is 0 Å². The zero-order chi connectivity index (χ0) is 14.0. The molecule has 1 unspecified atom stereocenters. The van der Waals surface area contributed by atoms with Crippen LogP contribution in [0.2, 0.25) is 0 Å². The van der Waals surface area contributed by atoms with E-state index in [4.69, 9.17) is 4.74 Å². The van der Waals surface area contributed by atoms with E-state index in [0.29, 0.717) is 0 Å². The first-order valence-corrected chi connectivity index (χ1v) is 6.42. The van der Waals surface area contributed by atoms with Gasteiger partial charge >= 0.3 is 0 Å². The Morgan fingerprint density at radius 2 is 1.53 bits per heavy atom. The molecule has 2 heteroatoms. The Morgan fingerprint density at radius 3 is 2.21 bits per heavy atom. The van der Waals surface area contributed by atoms with Gasteiger partial charge in [0.25, 0.3) is 0 Å². The first-order chi connectivity index (χ1) is 9.02. The molecule has 1 N–H and O–H groups in total. The molecule has 0 aromatic heterocycles. The molecule has 2 aromatic rings. The molecule has 0 aliphatic heterocycles. The van der Waals surface area contributed by atoms with Gasteiger partial charge in [-0.2, -0.15) is 0 Å². The van der Waals surface area contributed by atoms with E-state index in [1.807, 2.05) is 51.1 Å². The molecule has 0 radical (unpaired) electrons. The fraction of sp³-hybridized carbons (Fsp3) is 0.294. The maximum Gasteiger partial charge on any atom is 0.125 e. The minimum atomic E-state index is -0.657. The summed E-state index contributed by atoms with van der Waals surface area (Å²) in [6.45, 7) is 6.05. The van der Waals surface area contributed by atoms with Crippen LogP contribution in [0.3, 0.4) is 0 Å². The molecule has 0 saturated heterocycles. The number of aryl methyl sites for hydroxylation is 3. The quantitative estimate of drug-likeness (QED) is 0.907. The lowest BCUT2D eigenvalue weighted by Gasteiger charge is -2.18. The van der Waals surface area contributed by atoms with Crippen LogP contribution in [0.5, 0.6) is 5.75 Å². The Morgan fingerprint density at radius 1 is 0.895 bits per heavy atom. The Hall–Kier alpha value is -1.80. The Bertz CT molecular complexity index is 588. The topological polar surface area (TPSA) is 29.5 Å². The molecule has 0 amide bonds. The number of aliphatic hydroxyl groups is 1. The van der Waals surface area contributed by atoms with Gasteiger partial charge in [-0.05, 0) is 43.5 Å². The standard InChI is InChI=1S/C17H20O2/c1-11-5-7-13(3)15(9-11)17(18)14-8-6-12(2)10-16(14)19-4/h5-10,17-18H,1-4H3. The van der Waals surface area contributed by atoms with Gasteiger partial charge in [-0.3, -0.25) is 0 Å². The summed E-state index contributed by atoms with van der Waals surface area (Å²) >= 11 is 0. The number of hydrogen-bond acceptors (Lipinski definition) is 2. The van der Waals surface area contributed by atoms with Gasteiger partial charge in [0, 0.05) is 5.56 Å². The predicted octanol–water partition coefficient (Wildman–Crippen LogP) is 3.70. The van der Waals surface area contributed by atoms with Gasteiger partial charge in [0.2, 0.25) is 0 Å². The van der Waals surface area contributed by atoms with Crippen LogP contribution < -0.4 is 4.74 Å². The molecule has 0 aliphatic carbocycles. The third-order valence-corrected chi connectivity index (χ3v) is 3.41. The van der Waals surface area contributed by atoms with E-state index in [1.54, 1.807) is 7.11 Å². The molecule has 2 aromatic carbocycles. The number of methoxy groups -OCH3 is 1. The van der Waals surface area contributed by atoms with E-state index in [0.717, 1.165) is 33.6 Å². The molecule has 0 aliphatic rings. The second kappa shape index (κ2) is 5.45. The zero-order valence-corrected chi connectivity index (χ0v) is 11.9. The van der Waals surface area contributed by atoms with Crippen molar-refractivity contribution in [2.24, 2.45) is 0 Å². The summed E-state index contributed by atoms with van der Waals surface area (Å²) in [6, 6.07) is 12.0. The van der Waals surface area contributed by atoms with E-state index in [2.05, 4.69) is 6.07 Å². The molecule has 19 heavy (non-hydrogen) atoms. The van der Waals surface area contributed by atoms with E-state index < -0.39 is 6.10 Å². The van der Waals surface area contributed by atoms with Crippen LogP contribution in [-0.2, 0) is 0 Å². The molecule has 0 heterocycles. The van der Waals surface area contributed by atoms with Gasteiger partial charge in [-0.15, -0.1) is 0 Å². The maximum absolute atomic E-state index is 10.6. The van der Waals surface area contributed by atoms with Gasteiger partial charge in [0.1, 0.15) is 11.9 Å². The van der Waals surface area contributed by atoms with Gasteiger partial charge in [-0.25, -0.2) is 0 Å². The number of aliphatic hydroxyl groups excluding tert-OH is 1. The summed E-state index contributed by atoms with van der Waals surface area (Å²) in [5, 5.41) is 10.6. The van der Waals surface area contributed by atoms with Crippen LogP contribution in [0.4, 0.5) is 0 Å². The van der Waals surface area contributed by atoms with Crippen molar-refractivity contribution in [1.29, 1.82) is 0 Å². The molecule has 100 valence electrons. The van der Waals surface area contributed by atoms with Crippen LogP contribution in [0.1, 0.15) is 33.9 Å². The highest BCUT2D eigenvalue weighted by atomic mass is 16.5. The lowest BCUT2D eigenvalue weighted by Crippen LogP contribution is -2.05. The van der Waals surface area contributed by atoms with Crippen molar-refractivity contribution in [3.05, 3.63) is 64.2 Å². The van der Waals surface area contributed by atoms with Crippen molar-refractivity contribution in [1.82, 2.24) is 0 Å². The van der Waals surface area contributed by atoms with Crippen LogP contribution in [-0.4, -0.2) is 12.2 Å². The number of rotatable bonds is 3. The Kier molecular flexibility index (Phi) is 3.91. The first-order valence-electron chi connectivity index (χ1n) is 6.42. The second-order valence-electron chi connectivity index (χ2n) is 5.01. The molecular formula is C17H20O2. The van der Waals surface area contributed by atoms with E-state index in [9.17, 15) is 5.11 Å². The Balaban J connectivity index is 2.49. The third kappa shape index (κ3) is 2.79. The highest BCUT2D eigenvalue weighted by molar-refractivity contribution is 5.45. The van der Waals surface area contributed by atoms with Gasteiger partial charge in [0.15, 0.2) is 0 Å². The molecule has 0 saturated carbocycles. The fourth-order valence-electron chi connectivity index (χ4n) is 2.27.